The number of rotatable bonds is 4. The number of ether oxygens (including phenoxy) is 2. The third-order valence-corrected chi connectivity index (χ3v) is 3.07. The van der Waals surface area contributed by atoms with Crippen LogP contribution in [0.3, 0.4) is 0 Å². The van der Waals surface area contributed by atoms with E-state index in [0.717, 1.165) is 0 Å². The molecule has 0 aromatic carbocycles. The summed E-state index contributed by atoms with van der Waals surface area (Å²) in [5, 5.41) is 13.3. The molecule has 1 aliphatic rings. The summed E-state index contributed by atoms with van der Waals surface area (Å²) < 4.78 is 12.8. The second-order valence-corrected chi connectivity index (χ2v) is 4.61. The van der Waals surface area contributed by atoms with Crippen molar-refractivity contribution in [2.75, 3.05) is 13.2 Å². The van der Waals surface area contributed by atoms with Gasteiger partial charge in [0.2, 0.25) is 0 Å². The summed E-state index contributed by atoms with van der Waals surface area (Å²) in [6.45, 7) is 0.861. The van der Waals surface area contributed by atoms with Crippen molar-refractivity contribution in [3.05, 3.63) is 30.4 Å². The molecule has 8 heteroatoms. The Morgan fingerprint density at radius 1 is 1.55 bits per heavy atom. The molecule has 106 valence electrons. The number of carbonyl (C=O) groups is 1. The van der Waals surface area contributed by atoms with Crippen LogP contribution in [0, 0.1) is 0 Å². The van der Waals surface area contributed by atoms with Gasteiger partial charge >= 0.3 is 0 Å². The topological polar surface area (TPSA) is 94.1 Å². The summed E-state index contributed by atoms with van der Waals surface area (Å²) in [5.41, 5.74) is 0.483. The van der Waals surface area contributed by atoms with Crippen molar-refractivity contribution in [3.63, 3.8) is 0 Å². The van der Waals surface area contributed by atoms with Crippen LogP contribution in [0.1, 0.15) is 10.4 Å². The molecule has 8 nitrogen and oxygen atoms in total. The van der Waals surface area contributed by atoms with E-state index < -0.39 is 0 Å². The molecule has 1 aliphatic heterocycles. The van der Waals surface area contributed by atoms with Gasteiger partial charge in [0.1, 0.15) is 6.10 Å². The third-order valence-electron chi connectivity index (χ3n) is 3.07. The van der Waals surface area contributed by atoms with Crippen molar-refractivity contribution in [2.24, 2.45) is 7.05 Å². The van der Waals surface area contributed by atoms with Gasteiger partial charge in [0.05, 0.1) is 43.4 Å². The summed E-state index contributed by atoms with van der Waals surface area (Å²) in [7, 11) is 1.82. The van der Waals surface area contributed by atoms with Crippen LogP contribution >= 0.6 is 0 Å². The van der Waals surface area contributed by atoms with Gasteiger partial charge in [-0.15, -0.1) is 0 Å². The van der Waals surface area contributed by atoms with Crippen molar-refractivity contribution in [1.29, 1.82) is 0 Å². The lowest BCUT2D eigenvalue weighted by Crippen LogP contribution is -2.45. The lowest BCUT2D eigenvalue weighted by molar-refractivity contribution is 0.0904. The quantitative estimate of drug-likeness (QED) is 0.801. The zero-order valence-electron chi connectivity index (χ0n) is 10.9. The second kappa shape index (κ2) is 5.33. The van der Waals surface area contributed by atoms with Crippen LogP contribution in [0.2, 0.25) is 0 Å². The first-order chi connectivity index (χ1) is 9.72. The zero-order valence-corrected chi connectivity index (χ0v) is 10.9. The Kier molecular flexibility index (Phi) is 3.38. The minimum absolute atomic E-state index is 0.197. The second-order valence-electron chi connectivity index (χ2n) is 4.61. The number of aromatic amines is 1. The van der Waals surface area contributed by atoms with Crippen LogP contribution in [-0.4, -0.2) is 51.2 Å². The number of hydrogen-bond acceptors (Lipinski definition) is 5. The summed E-state index contributed by atoms with van der Waals surface area (Å²) in [5.74, 6) is 0.458. The fourth-order valence-electron chi connectivity index (χ4n) is 2.05. The molecule has 1 amide bonds. The number of aryl methyl sites for hydroxylation is 1. The Hall–Kier alpha value is -2.35. The molecule has 2 N–H and O–H groups in total. The highest BCUT2D eigenvalue weighted by Gasteiger charge is 2.32. The van der Waals surface area contributed by atoms with Crippen molar-refractivity contribution in [1.82, 2.24) is 25.3 Å². The molecule has 0 spiro atoms. The van der Waals surface area contributed by atoms with Crippen molar-refractivity contribution in [3.8, 4) is 5.75 Å². The van der Waals surface area contributed by atoms with Gasteiger partial charge in [-0.1, -0.05) is 0 Å². The maximum absolute atomic E-state index is 12.0. The Morgan fingerprint density at radius 2 is 2.45 bits per heavy atom. The number of nitrogens with zero attached hydrogens (tertiary/aromatic N) is 3. The zero-order chi connectivity index (χ0) is 13.9. The molecule has 3 heterocycles. The monoisotopic (exact) mass is 277 g/mol. The first-order valence-corrected chi connectivity index (χ1v) is 6.25. The fraction of sp³-hybridized carbons (Fsp3) is 0.417. The van der Waals surface area contributed by atoms with Crippen molar-refractivity contribution >= 4 is 5.91 Å². The highest BCUT2D eigenvalue weighted by molar-refractivity contribution is 5.93. The molecule has 1 fully saturated rings. The fourth-order valence-corrected chi connectivity index (χ4v) is 2.05. The third kappa shape index (κ3) is 2.64. The predicted molar refractivity (Wildman–Crippen MR) is 68.3 cm³/mol. The maximum atomic E-state index is 12.0. The minimum atomic E-state index is -0.227. The van der Waals surface area contributed by atoms with Gasteiger partial charge in [0, 0.05) is 13.2 Å². The molecule has 2 aromatic rings. The van der Waals surface area contributed by atoms with E-state index in [1.807, 2.05) is 7.05 Å². The summed E-state index contributed by atoms with van der Waals surface area (Å²) in [6.07, 6.45) is 6.19. The first kappa shape index (κ1) is 12.7. The summed E-state index contributed by atoms with van der Waals surface area (Å²) in [6, 6.07) is -0.197. The van der Waals surface area contributed by atoms with E-state index in [4.69, 9.17) is 9.47 Å². The van der Waals surface area contributed by atoms with Crippen LogP contribution in [0.5, 0.6) is 5.75 Å². The molecule has 0 aliphatic carbocycles. The number of nitrogens with one attached hydrogen (secondary N) is 2. The highest BCUT2D eigenvalue weighted by atomic mass is 16.5. The van der Waals surface area contributed by atoms with E-state index in [1.54, 1.807) is 23.3 Å². The van der Waals surface area contributed by atoms with Gasteiger partial charge in [-0.2, -0.15) is 10.2 Å². The van der Waals surface area contributed by atoms with Gasteiger partial charge in [-0.05, 0) is 0 Å². The van der Waals surface area contributed by atoms with Crippen LogP contribution in [0.4, 0.5) is 0 Å². The molecular weight excluding hydrogens is 262 g/mol. The molecule has 0 saturated carbocycles. The van der Waals surface area contributed by atoms with Gasteiger partial charge in [-0.25, -0.2) is 0 Å². The number of hydrogen-bond donors (Lipinski definition) is 2. The SMILES string of the molecule is Cn1cc(O[C@@H]2COC[C@@H]2NC(=O)c2cn[nH]c2)cn1. The van der Waals surface area contributed by atoms with E-state index in [0.29, 0.717) is 24.5 Å². The van der Waals surface area contributed by atoms with Crippen LogP contribution in [0.25, 0.3) is 0 Å². The number of amides is 1. The van der Waals surface area contributed by atoms with Crippen LogP contribution < -0.4 is 10.1 Å². The molecule has 2 atom stereocenters. The average molecular weight is 277 g/mol. The van der Waals surface area contributed by atoms with E-state index in [-0.39, 0.29) is 18.1 Å². The Morgan fingerprint density at radius 3 is 3.15 bits per heavy atom. The molecule has 1 saturated heterocycles. The van der Waals surface area contributed by atoms with E-state index in [1.165, 1.54) is 6.20 Å². The number of H-pyrrole nitrogens is 1. The van der Waals surface area contributed by atoms with Gasteiger partial charge in [-0.3, -0.25) is 14.6 Å². The van der Waals surface area contributed by atoms with Gasteiger partial charge in [0.25, 0.3) is 5.91 Å². The van der Waals surface area contributed by atoms with E-state index in [2.05, 4.69) is 20.6 Å². The smallest absolute Gasteiger partial charge is 0.254 e. The average Bonchev–Trinajstić information content (AvgIpc) is 3.13. The van der Waals surface area contributed by atoms with E-state index >= 15 is 0 Å². The Bertz CT molecular complexity index is 580. The molecular formula is C12H15N5O3. The lowest BCUT2D eigenvalue weighted by Gasteiger charge is -2.19. The summed E-state index contributed by atoms with van der Waals surface area (Å²) in [4.78, 5) is 12.0. The maximum Gasteiger partial charge on any atom is 0.254 e. The lowest BCUT2D eigenvalue weighted by atomic mass is 10.2. The molecule has 0 unspecified atom stereocenters. The number of aromatic nitrogens is 4. The van der Waals surface area contributed by atoms with Gasteiger partial charge < -0.3 is 14.8 Å². The molecule has 3 rings (SSSR count). The molecule has 20 heavy (non-hydrogen) atoms. The normalized spacial score (nSPS) is 21.9. The predicted octanol–water partition coefficient (Wildman–Crippen LogP) is -0.281. The minimum Gasteiger partial charge on any atom is -0.482 e. The van der Waals surface area contributed by atoms with E-state index in [9.17, 15) is 4.79 Å². The standard InChI is InChI=1S/C12H15N5O3/c1-17-5-9(4-15-17)20-11-7-19-6-10(11)16-12(18)8-2-13-14-3-8/h2-5,10-11H,6-7H2,1H3,(H,13,14)(H,16,18)/t10-,11+/m0/s1. The molecule has 0 radical (unpaired) electrons. The molecule has 2 aromatic heterocycles. The number of carbonyl (C=O) groups excluding carboxylic acids is 1. The molecule has 0 bridgehead atoms. The summed E-state index contributed by atoms with van der Waals surface area (Å²) >= 11 is 0. The van der Waals surface area contributed by atoms with Crippen LogP contribution in [-0.2, 0) is 11.8 Å². The van der Waals surface area contributed by atoms with Gasteiger partial charge in [0.15, 0.2) is 5.75 Å². The first-order valence-electron chi connectivity index (χ1n) is 6.25. The van der Waals surface area contributed by atoms with Crippen LogP contribution in [0.15, 0.2) is 24.8 Å². The Balaban J connectivity index is 1.62. The van der Waals surface area contributed by atoms with Crippen molar-refractivity contribution < 1.29 is 14.3 Å². The highest BCUT2D eigenvalue weighted by Crippen LogP contribution is 2.16. The largest absolute Gasteiger partial charge is 0.482 e. The van der Waals surface area contributed by atoms with Crippen molar-refractivity contribution in [2.45, 2.75) is 12.1 Å². The Labute approximate surface area is 115 Å².